The molecule has 5 rings (SSSR count). The van der Waals surface area contributed by atoms with Crippen molar-refractivity contribution in [2.45, 2.75) is 58.2 Å². The van der Waals surface area contributed by atoms with Crippen LogP contribution in [0.1, 0.15) is 42.5 Å². The third-order valence-electron chi connectivity index (χ3n) is 7.88. The van der Waals surface area contributed by atoms with Crippen LogP contribution in [0.4, 0.5) is 5.69 Å². The number of benzene rings is 2. The maximum absolute atomic E-state index is 13.8. The van der Waals surface area contributed by atoms with Crippen molar-refractivity contribution < 1.29 is 19.5 Å². The van der Waals surface area contributed by atoms with Gasteiger partial charge in [-0.15, -0.1) is 0 Å². The monoisotopic (exact) mass is 447 g/mol. The van der Waals surface area contributed by atoms with Crippen molar-refractivity contribution in [2.24, 2.45) is 11.8 Å². The van der Waals surface area contributed by atoms with E-state index in [-0.39, 0.29) is 29.5 Å². The van der Waals surface area contributed by atoms with Crippen molar-refractivity contribution in [3.8, 4) is 5.75 Å². The largest absolute Gasteiger partial charge is 0.508 e. The fourth-order valence-electron chi connectivity index (χ4n) is 5.82. The Morgan fingerprint density at radius 1 is 1.06 bits per heavy atom. The molecule has 0 saturated carbocycles. The van der Waals surface area contributed by atoms with Crippen LogP contribution in [-0.2, 0) is 26.3 Å². The van der Waals surface area contributed by atoms with E-state index in [0.717, 1.165) is 27.9 Å². The summed E-state index contributed by atoms with van der Waals surface area (Å²) in [4.78, 5) is 42.4. The van der Waals surface area contributed by atoms with Gasteiger partial charge in [0.15, 0.2) is 0 Å². The molecule has 7 heteroatoms. The summed E-state index contributed by atoms with van der Waals surface area (Å²) in [6, 6.07) is 10.1. The molecule has 5 atom stereocenters. The third kappa shape index (κ3) is 2.88. The number of rotatable bonds is 4. The summed E-state index contributed by atoms with van der Waals surface area (Å²) < 4.78 is 0. The van der Waals surface area contributed by atoms with E-state index in [1.165, 1.54) is 4.90 Å². The summed E-state index contributed by atoms with van der Waals surface area (Å²) in [5.41, 5.74) is 3.13. The van der Waals surface area contributed by atoms with Gasteiger partial charge in [-0.3, -0.25) is 24.6 Å². The van der Waals surface area contributed by atoms with Crippen molar-refractivity contribution in [2.75, 3.05) is 5.32 Å². The number of carbonyl (C=O) groups excluding carboxylic acids is 3. The molecule has 2 aromatic carbocycles. The molecule has 0 radical (unpaired) electrons. The lowest BCUT2D eigenvalue weighted by Crippen LogP contribution is -2.54. The number of hydrogen-bond donors (Lipinski definition) is 3. The number of imide groups is 1. The van der Waals surface area contributed by atoms with Crippen molar-refractivity contribution in [1.82, 2.24) is 10.2 Å². The van der Waals surface area contributed by atoms with E-state index < -0.39 is 23.4 Å². The highest BCUT2D eigenvalue weighted by atomic mass is 16.3. The molecule has 2 saturated heterocycles. The highest BCUT2D eigenvalue weighted by molar-refractivity contribution is 6.15. The van der Waals surface area contributed by atoms with Crippen LogP contribution in [0.5, 0.6) is 5.75 Å². The maximum Gasteiger partial charge on any atom is 0.250 e. The van der Waals surface area contributed by atoms with Gasteiger partial charge in [-0.25, -0.2) is 0 Å². The van der Waals surface area contributed by atoms with E-state index in [1.54, 1.807) is 24.3 Å². The molecule has 3 heterocycles. The first-order chi connectivity index (χ1) is 15.7. The van der Waals surface area contributed by atoms with Gasteiger partial charge in [-0.05, 0) is 62.4 Å². The van der Waals surface area contributed by atoms with Gasteiger partial charge in [0.2, 0.25) is 17.7 Å². The average Bonchev–Trinajstić information content (AvgIpc) is 3.37. The minimum absolute atomic E-state index is 0.164. The second-order valence-electron chi connectivity index (χ2n) is 9.62. The second kappa shape index (κ2) is 7.42. The highest BCUT2D eigenvalue weighted by Gasteiger charge is 2.70. The van der Waals surface area contributed by atoms with Gasteiger partial charge in [0, 0.05) is 23.3 Å². The number of aromatic hydroxyl groups is 1. The van der Waals surface area contributed by atoms with Gasteiger partial charge in [0.25, 0.3) is 0 Å². The Hall–Kier alpha value is -3.19. The first-order valence-corrected chi connectivity index (χ1v) is 11.5. The van der Waals surface area contributed by atoms with Crippen LogP contribution in [0, 0.1) is 25.7 Å². The summed E-state index contributed by atoms with van der Waals surface area (Å²) in [7, 11) is 0. The molecule has 3 amide bonds. The molecule has 33 heavy (non-hydrogen) atoms. The number of carbonyl (C=O) groups is 3. The highest BCUT2D eigenvalue weighted by Crippen LogP contribution is 2.54. The van der Waals surface area contributed by atoms with Crippen molar-refractivity contribution in [3.63, 3.8) is 0 Å². The molecule has 3 aliphatic rings. The number of aryl methyl sites for hydroxylation is 1. The molecule has 3 N–H and O–H groups in total. The van der Waals surface area contributed by atoms with Crippen LogP contribution in [-0.4, -0.2) is 39.8 Å². The molecule has 2 fully saturated rings. The molecule has 3 aliphatic heterocycles. The number of fused-ring (bicyclic) bond motifs is 4. The predicted molar refractivity (Wildman–Crippen MR) is 124 cm³/mol. The van der Waals surface area contributed by atoms with Gasteiger partial charge in [0.05, 0.1) is 11.8 Å². The Balaban J connectivity index is 1.65. The Kier molecular flexibility index (Phi) is 4.86. The zero-order valence-corrected chi connectivity index (χ0v) is 19.3. The lowest BCUT2D eigenvalue weighted by molar-refractivity contribution is -0.145. The molecule has 0 aliphatic carbocycles. The smallest absolute Gasteiger partial charge is 0.250 e. The van der Waals surface area contributed by atoms with E-state index in [0.29, 0.717) is 12.8 Å². The van der Waals surface area contributed by atoms with E-state index in [2.05, 4.69) is 10.6 Å². The normalized spacial score (nSPS) is 28.9. The van der Waals surface area contributed by atoms with E-state index in [4.69, 9.17) is 0 Å². The molecule has 0 aromatic heterocycles. The maximum atomic E-state index is 13.8. The number of phenolic OH excluding ortho intramolecular Hbond substituents is 1. The summed E-state index contributed by atoms with van der Waals surface area (Å²) in [5, 5.41) is 16.2. The number of phenols is 1. The first kappa shape index (κ1) is 21.6. The predicted octanol–water partition coefficient (Wildman–Crippen LogP) is 2.77. The fraction of sp³-hybridized carbons (Fsp3) is 0.423. The molecule has 1 spiro atoms. The standard InChI is InChI=1S/C26H29N3O4/c1-5-14(3)29-23(31)20-19(12-16-7-9-17(30)10-8-16)28-26(21(20)24(29)32)18-11-6-13(2)15(4)22(18)27-25(26)33/h6-11,14,19-21,28,30H,5,12H2,1-4H3,(H,27,33)/t14-,19-,20+,21-,26-/m0/s1. The Morgan fingerprint density at radius 3 is 2.42 bits per heavy atom. The second-order valence-corrected chi connectivity index (χ2v) is 9.62. The van der Waals surface area contributed by atoms with Crippen LogP contribution in [0.3, 0.4) is 0 Å². The number of nitrogens with zero attached hydrogens (tertiary/aromatic N) is 1. The Labute approximate surface area is 193 Å². The van der Waals surface area contributed by atoms with E-state index >= 15 is 0 Å². The molecule has 172 valence electrons. The van der Waals surface area contributed by atoms with Crippen LogP contribution in [0.15, 0.2) is 36.4 Å². The number of likely N-dealkylation sites (tertiary alicyclic amines) is 1. The molecule has 0 bridgehead atoms. The molecule has 2 aromatic rings. The van der Waals surface area contributed by atoms with E-state index in [9.17, 15) is 19.5 Å². The zero-order valence-electron chi connectivity index (χ0n) is 19.3. The summed E-state index contributed by atoms with van der Waals surface area (Å²) in [5.74, 6) is -2.04. The Bertz CT molecular complexity index is 1170. The average molecular weight is 448 g/mol. The van der Waals surface area contributed by atoms with Crippen LogP contribution < -0.4 is 10.6 Å². The van der Waals surface area contributed by atoms with Gasteiger partial charge in [-0.2, -0.15) is 0 Å². The topological polar surface area (TPSA) is 98.7 Å². The van der Waals surface area contributed by atoms with Crippen LogP contribution in [0.2, 0.25) is 0 Å². The SMILES string of the molecule is CC[C@H](C)N1C(=O)[C@@H]2[C@H](Cc3ccc(O)cc3)N[C@]3(C(=O)Nc4c3ccc(C)c4C)[C@@H]2C1=O. The minimum atomic E-state index is -1.28. The minimum Gasteiger partial charge on any atom is -0.508 e. The molecule has 0 unspecified atom stereocenters. The number of amides is 3. The number of anilines is 1. The first-order valence-electron chi connectivity index (χ1n) is 11.5. The fourth-order valence-corrected chi connectivity index (χ4v) is 5.82. The summed E-state index contributed by atoms with van der Waals surface area (Å²) in [6.45, 7) is 7.77. The zero-order chi connectivity index (χ0) is 23.7. The third-order valence-corrected chi connectivity index (χ3v) is 7.88. The number of nitrogens with one attached hydrogen (secondary N) is 2. The molecular weight excluding hydrogens is 418 g/mol. The molecule has 7 nitrogen and oxygen atoms in total. The summed E-state index contributed by atoms with van der Waals surface area (Å²) in [6.07, 6.45) is 1.12. The van der Waals surface area contributed by atoms with Gasteiger partial charge >= 0.3 is 0 Å². The van der Waals surface area contributed by atoms with Crippen molar-refractivity contribution >= 4 is 23.4 Å². The van der Waals surface area contributed by atoms with Crippen LogP contribution in [0.25, 0.3) is 0 Å². The summed E-state index contributed by atoms with van der Waals surface area (Å²) >= 11 is 0. The van der Waals surface area contributed by atoms with Crippen molar-refractivity contribution in [1.29, 1.82) is 0 Å². The van der Waals surface area contributed by atoms with Gasteiger partial charge in [-0.1, -0.05) is 31.2 Å². The number of hydrogen-bond acceptors (Lipinski definition) is 5. The lowest BCUT2D eigenvalue weighted by atomic mass is 9.75. The Morgan fingerprint density at radius 2 is 1.76 bits per heavy atom. The quantitative estimate of drug-likeness (QED) is 0.626. The van der Waals surface area contributed by atoms with E-state index in [1.807, 2.05) is 39.8 Å². The lowest BCUT2D eigenvalue weighted by Gasteiger charge is -2.31. The van der Waals surface area contributed by atoms with Crippen LogP contribution >= 0.6 is 0 Å². The van der Waals surface area contributed by atoms with Crippen molar-refractivity contribution in [3.05, 3.63) is 58.7 Å². The molecular formula is C26H29N3O4. The van der Waals surface area contributed by atoms with Gasteiger partial charge in [0.1, 0.15) is 11.3 Å². The van der Waals surface area contributed by atoms with Gasteiger partial charge < -0.3 is 10.4 Å².